The van der Waals surface area contributed by atoms with Gasteiger partial charge in [0.25, 0.3) is 0 Å². The summed E-state index contributed by atoms with van der Waals surface area (Å²) in [5.41, 5.74) is 0. The number of aliphatic imine (C=N–C) groups is 1. The van der Waals surface area contributed by atoms with Gasteiger partial charge in [0.1, 0.15) is 0 Å². The lowest BCUT2D eigenvalue weighted by molar-refractivity contribution is -0.121. The minimum atomic E-state index is -3.08. The second-order valence-electron chi connectivity index (χ2n) is 7.53. The van der Waals surface area contributed by atoms with Gasteiger partial charge in [-0.15, -0.1) is 0 Å². The molecule has 0 radical (unpaired) electrons. The third-order valence-corrected chi connectivity index (χ3v) is 7.53. The molecule has 2 N–H and O–H groups in total. The first-order valence-electron chi connectivity index (χ1n) is 9.30. The predicted molar refractivity (Wildman–Crippen MR) is 100 cm³/mol. The van der Waals surface area contributed by atoms with Crippen LogP contribution in [0.3, 0.4) is 0 Å². The van der Waals surface area contributed by atoms with E-state index < -0.39 is 14.6 Å². The molecule has 2 fully saturated rings. The number of carbonyl (C=O) groups excluding carboxylic acids is 1. The van der Waals surface area contributed by atoms with E-state index in [1.165, 1.54) is 12.8 Å². The molecule has 2 rings (SSSR count). The molecule has 7 nitrogen and oxygen atoms in total. The topological polar surface area (TPSA) is 90.9 Å². The van der Waals surface area contributed by atoms with Crippen LogP contribution in [0.15, 0.2) is 4.99 Å². The minimum absolute atomic E-state index is 0.0491. The third kappa shape index (κ3) is 5.33. The van der Waals surface area contributed by atoms with Gasteiger partial charge < -0.3 is 15.5 Å². The molecular weight excluding hydrogens is 340 g/mol. The highest BCUT2D eigenvalue weighted by molar-refractivity contribution is 7.92. The van der Waals surface area contributed by atoms with Crippen molar-refractivity contribution >= 4 is 21.7 Å². The Hall–Kier alpha value is -1.31. The second-order valence-corrected chi connectivity index (χ2v) is 10.3. The highest BCUT2D eigenvalue weighted by atomic mass is 32.2. The number of hydrogen-bond acceptors (Lipinski definition) is 4. The fourth-order valence-corrected chi connectivity index (χ4v) is 4.75. The summed E-state index contributed by atoms with van der Waals surface area (Å²) in [6, 6.07) is 0.331. The number of carbonyl (C=O) groups is 1. The Kier molecular flexibility index (Phi) is 6.71. The van der Waals surface area contributed by atoms with E-state index in [0.29, 0.717) is 44.6 Å². The average molecular weight is 373 g/mol. The molecule has 25 heavy (non-hydrogen) atoms. The normalized spacial score (nSPS) is 23.5. The van der Waals surface area contributed by atoms with Crippen LogP contribution >= 0.6 is 0 Å². The van der Waals surface area contributed by atoms with Crippen molar-refractivity contribution in [3.63, 3.8) is 0 Å². The first-order valence-corrected chi connectivity index (χ1v) is 11.0. The Morgan fingerprint density at radius 2 is 1.96 bits per heavy atom. The van der Waals surface area contributed by atoms with E-state index in [0.717, 1.165) is 12.8 Å². The maximum atomic E-state index is 12.2. The van der Waals surface area contributed by atoms with E-state index in [1.54, 1.807) is 13.8 Å². The molecule has 0 aromatic heterocycles. The van der Waals surface area contributed by atoms with Crippen molar-refractivity contribution in [2.75, 3.05) is 31.9 Å². The maximum Gasteiger partial charge on any atom is 0.222 e. The highest BCUT2D eigenvalue weighted by Gasteiger charge is 2.40. The maximum absolute atomic E-state index is 12.2. The molecule has 0 bridgehead atoms. The zero-order chi connectivity index (χ0) is 18.5. The van der Waals surface area contributed by atoms with Crippen molar-refractivity contribution in [2.45, 2.75) is 63.7 Å². The number of guanidine groups is 1. The fourth-order valence-electron chi connectivity index (χ4n) is 3.38. The lowest BCUT2D eigenvalue weighted by atomic mass is 10.2. The Bertz CT molecular complexity index is 595. The second kappa shape index (κ2) is 8.38. The summed E-state index contributed by atoms with van der Waals surface area (Å²) in [6.45, 7) is 7.46. The van der Waals surface area contributed by atoms with Crippen LogP contribution in [0.2, 0.25) is 0 Å². The highest BCUT2D eigenvalue weighted by Crippen LogP contribution is 2.23. The summed E-state index contributed by atoms with van der Waals surface area (Å²) in [7, 11) is -3.08. The van der Waals surface area contributed by atoms with Gasteiger partial charge in [0.15, 0.2) is 15.8 Å². The lowest BCUT2D eigenvalue weighted by Crippen LogP contribution is -2.57. The number of hydrogen-bond donors (Lipinski definition) is 2. The summed E-state index contributed by atoms with van der Waals surface area (Å²) in [5, 5.41) is 6.28. The van der Waals surface area contributed by atoms with Crippen LogP contribution in [0.1, 0.15) is 52.9 Å². The Labute approximate surface area is 151 Å². The molecule has 2 aliphatic rings. The quantitative estimate of drug-likeness (QED) is 0.553. The van der Waals surface area contributed by atoms with E-state index in [9.17, 15) is 13.2 Å². The number of sulfone groups is 1. The number of nitrogens with zero attached hydrogens (tertiary/aromatic N) is 2. The van der Waals surface area contributed by atoms with Gasteiger partial charge in [0.2, 0.25) is 5.91 Å². The Morgan fingerprint density at radius 1 is 1.28 bits per heavy atom. The summed E-state index contributed by atoms with van der Waals surface area (Å²) < 4.78 is 23.5. The monoisotopic (exact) mass is 372 g/mol. The molecule has 0 atom stereocenters. The van der Waals surface area contributed by atoms with Crippen LogP contribution in [0.25, 0.3) is 0 Å². The van der Waals surface area contributed by atoms with Crippen LogP contribution in [0.5, 0.6) is 0 Å². The van der Waals surface area contributed by atoms with E-state index in [-0.39, 0.29) is 11.7 Å². The van der Waals surface area contributed by atoms with E-state index in [1.807, 2.05) is 11.8 Å². The van der Waals surface area contributed by atoms with Gasteiger partial charge in [-0.2, -0.15) is 0 Å². The molecule has 8 heteroatoms. The Balaban J connectivity index is 1.90. The van der Waals surface area contributed by atoms with Gasteiger partial charge in [0, 0.05) is 32.1 Å². The number of amides is 1. The standard InChI is InChI=1S/C17H32N4O3S/c1-4-18-16(21-11-12-25(23,24)17(2,3)13-21)19-10-9-15(22)20-14-7-5-6-8-14/h14H,4-13H2,1-3H3,(H,18,19)(H,20,22). The molecule has 0 unspecified atom stereocenters. The molecule has 0 spiro atoms. The largest absolute Gasteiger partial charge is 0.357 e. The van der Waals surface area contributed by atoms with Crippen molar-refractivity contribution in [2.24, 2.45) is 4.99 Å². The van der Waals surface area contributed by atoms with Crippen molar-refractivity contribution in [3.8, 4) is 0 Å². The summed E-state index contributed by atoms with van der Waals surface area (Å²) in [6.07, 6.45) is 4.91. The molecular formula is C17H32N4O3S. The third-order valence-electron chi connectivity index (χ3n) is 5.00. The number of rotatable bonds is 5. The lowest BCUT2D eigenvalue weighted by Gasteiger charge is -2.39. The van der Waals surface area contributed by atoms with Crippen molar-refractivity contribution in [1.82, 2.24) is 15.5 Å². The fraction of sp³-hybridized carbons (Fsp3) is 0.882. The van der Waals surface area contributed by atoms with Crippen molar-refractivity contribution < 1.29 is 13.2 Å². The summed E-state index contributed by atoms with van der Waals surface area (Å²) >= 11 is 0. The van der Waals surface area contributed by atoms with E-state index in [2.05, 4.69) is 15.6 Å². The van der Waals surface area contributed by atoms with Gasteiger partial charge in [0.05, 0.1) is 17.0 Å². The van der Waals surface area contributed by atoms with Crippen LogP contribution < -0.4 is 10.6 Å². The number of nitrogens with one attached hydrogen (secondary N) is 2. The SMILES string of the molecule is CCNC(=NCCC(=O)NC1CCCC1)N1CCS(=O)(=O)C(C)(C)C1. The Morgan fingerprint density at radius 3 is 2.56 bits per heavy atom. The molecule has 1 aliphatic heterocycles. The van der Waals surface area contributed by atoms with Crippen molar-refractivity contribution in [1.29, 1.82) is 0 Å². The smallest absolute Gasteiger partial charge is 0.222 e. The van der Waals surface area contributed by atoms with Crippen LogP contribution in [0.4, 0.5) is 0 Å². The molecule has 1 saturated carbocycles. The average Bonchev–Trinajstić information content (AvgIpc) is 3.02. The van der Waals surface area contributed by atoms with Crippen LogP contribution in [-0.2, 0) is 14.6 Å². The molecule has 144 valence electrons. The van der Waals surface area contributed by atoms with E-state index in [4.69, 9.17) is 0 Å². The van der Waals surface area contributed by atoms with E-state index >= 15 is 0 Å². The van der Waals surface area contributed by atoms with Gasteiger partial charge in [-0.05, 0) is 33.6 Å². The summed E-state index contributed by atoms with van der Waals surface area (Å²) in [4.78, 5) is 18.5. The predicted octanol–water partition coefficient (Wildman–Crippen LogP) is 0.910. The minimum Gasteiger partial charge on any atom is -0.357 e. The van der Waals surface area contributed by atoms with Gasteiger partial charge in [-0.3, -0.25) is 9.79 Å². The van der Waals surface area contributed by atoms with Crippen molar-refractivity contribution in [3.05, 3.63) is 0 Å². The molecule has 1 aliphatic carbocycles. The summed E-state index contributed by atoms with van der Waals surface area (Å²) in [5.74, 6) is 0.874. The molecule has 1 saturated heterocycles. The zero-order valence-electron chi connectivity index (χ0n) is 15.7. The molecule has 0 aromatic rings. The van der Waals surface area contributed by atoms with Gasteiger partial charge >= 0.3 is 0 Å². The van der Waals surface area contributed by atoms with Gasteiger partial charge in [-0.25, -0.2) is 8.42 Å². The molecule has 1 amide bonds. The zero-order valence-corrected chi connectivity index (χ0v) is 16.5. The molecule has 0 aromatic carbocycles. The van der Waals surface area contributed by atoms with Crippen LogP contribution in [-0.4, -0.2) is 67.9 Å². The first kappa shape index (κ1) is 20.0. The molecule has 1 heterocycles. The first-order chi connectivity index (χ1) is 11.7. The van der Waals surface area contributed by atoms with Gasteiger partial charge in [-0.1, -0.05) is 12.8 Å². The van der Waals surface area contributed by atoms with Crippen LogP contribution in [0, 0.1) is 0 Å².